The van der Waals surface area contributed by atoms with E-state index < -0.39 is 0 Å². The van der Waals surface area contributed by atoms with Gasteiger partial charge in [0.2, 0.25) is 0 Å². The number of nitrogens with zero attached hydrogens (tertiary/aromatic N) is 2. The van der Waals surface area contributed by atoms with Crippen LogP contribution >= 0.6 is 15.9 Å². The van der Waals surface area contributed by atoms with Crippen molar-refractivity contribution in [2.45, 2.75) is 0 Å². The molecule has 0 spiro atoms. The minimum Gasteiger partial charge on any atom is -0.205 e. The summed E-state index contributed by atoms with van der Waals surface area (Å²) in [5, 5.41) is 6.78. The molecule has 0 aliphatic carbocycles. The Labute approximate surface area is 53.9 Å². The van der Waals surface area contributed by atoms with E-state index in [2.05, 4.69) is 26.1 Å². The van der Waals surface area contributed by atoms with Gasteiger partial charge in [0.15, 0.2) is 0 Å². The van der Waals surface area contributed by atoms with Crippen molar-refractivity contribution in [2.24, 2.45) is 0 Å². The number of hydrogen-bond acceptors (Lipinski definition) is 2. The van der Waals surface area contributed by atoms with Gasteiger partial charge in [-0.3, -0.25) is 0 Å². The van der Waals surface area contributed by atoms with Crippen LogP contribution in [0.1, 0.15) is 0 Å². The largest absolute Gasteiger partial charge is 0.205 e. The molecule has 8 heavy (non-hydrogen) atoms. The van der Waals surface area contributed by atoms with E-state index in [0.29, 0.717) is 4.60 Å². The highest BCUT2D eigenvalue weighted by molar-refractivity contribution is 9.10. The van der Waals surface area contributed by atoms with Crippen molar-refractivity contribution in [3.8, 4) is 0 Å². The summed E-state index contributed by atoms with van der Waals surface area (Å²) in [5.74, 6) is -0.383. The molecule has 0 aromatic carbocycles. The highest BCUT2D eigenvalue weighted by atomic mass is 79.9. The van der Waals surface area contributed by atoms with Gasteiger partial charge < -0.3 is 0 Å². The van der Waals surface area contributed by atoms with Gasteiger partial charge >= 0.3 is 0 Å². The molecule has 1 heterocycles. The van der Waals surface area contributed by atoms with E-state index in [4.69, 9.17) is 0 Å². The smallest absolute Gasteiger partial charge is 0.146 e. The third kappa shape index (κ3) is 1.23. The van der Waals surface area contributed by atoms with Gasteiger partial charge in [-0.15, -0.1) is 5.10 Å². The number of hydrogen-bond donors (Lipinski definition) is 0. The first-order valence-electron chi connectivity index (χ1n) is 1.93. The lowest BCUT2D eigenvalue weighted by molar-refractivity contribution is 0.612. The molecule has 42 valence electrons. The first-order valence-corrected chi connectivity index (χ1v) is 2.72. The second-order valence-corrected chi connectivity index (χ2v) is 2.01. The molecule has 0 saturated heterocycles. The second-order valence-electron chi connectivity index (χ2n) is 1.20. The Hall–Kier alpha value is -0.510. The molecule has 0 atom stereocenters. The van der Waals surface area contributed by atoms with Crippen molar-refractivity contribution < 1.29 is 4.39 Å². The molecule has 0 radical (unpaired) electrons. The summed E-state index contributed by atoms with van der Waals surface area (Å²) < 4.78 is 12.4. The van der Waals surface area contributed by atoms with Crippen LogP contribution in [0.3, 0.4) is 0 Å². The van der Waals surface area contributed by atoms with Crippen LogP contribution in [0.5, 0.6) is 0 Å². The molecule has 0 amide bonds. The SMILES string of the molecule is Fc1cnnc(Br)c1. The third-order valence-electron chi connectivity index (χ3n) is 0.591. The summed E-state index contributed by atoms with van der Waals surface area (Å²) in [4.78, 5) is 0. The van der Waals surface area contributed by atoms with E-state index in [-0.39, 0.29) is 5.82 Å². The Morgan fingerprint density at radius 2 is 2.38 bits per heavy atom. The molecule has 0 aliphatic rings. The maximum Gasteiger partial charge on any atom is 0.146 e. The lowest BCUT2D eigenvalue weighted by Gasteiger charge is -1.83. The predicted octanol–water partition coefficient (Wildman–Crippen LogP) is 1.38. The zero-order chi connectivity index (χ0) is 5.98. The molecular weight excluding hydrogens is 175 g/mol. The second kappa shape index (κ2) is 2.17. The number of halogens is 2. The monoisotopic (exact) mass is 176 g/mol. The Morgan fingerprint density at radius 1 is 1.62 bits per heavy atom. The lowest BCUT2D eigenvalue weighted by Crippen LogP contribution is -1.81. The van der Waals surface area contributed by atoms with E-state index >= 15 is 0 Å². The van der Waals surface area contributed by atoms with Gasteiger partial charge in [-0.2, -0.15) is 5.10 Å². The summed E-state index contributed by atoms with van der Waals surface area (Å²) in [6.07, 6.45) is 1.05. The van der Waals surface area contributed by atoms with Crippen molar-refractivity contribution in [1.82, 2.24) is 10.2 Å². The van der Waals surface area contributed by atoms with Crippen molar-refractivity contribution >= 4 is 15.9 Å². The topological polar surface area (TPSA) is 25.8 Å². The van der Waals surface area contributed by atoms with Crippen molar-refractivity contribution in [1.29, 1.82) is 0 Å². The van der Waals surface area contributed by atoms with Gasteiger partial charge in [0.25, 0.3) is 0 Å². The van der Waals surface area contributed by atoms with Gasteiger partial charge in [0, 0.05) is 6.07 Å². The molecule has 0 bridgehead atoms. The summed E-state index contributed by atoms with van der Waals surface area (Å²) in [6, 6.07) is 1.24. The standard InChI is InChI=1S/C4H2BrFN2/c5-4-1-3(6)2-7-8-4/h1-2H. The van der Waals surface area contributed by atoms with Crippen LogP contribution < -0.4 is 0 Å². The molecule has 0 N–H and O–H groups in total. The fraction of sp³-hybridized carbons (Fsp3) is 0. The van der Waals surface area contributed by atoms with Crippen LogP contribution in [0, 0.1) is 5.82 Å². The number of aromatic nitrogens is 2. The molecular formula is C4H2BrFN2. The molecule has 0 aliphatic heterocycles. The Bertz CT molecular complexity index is 174. The van der Waals surface area contributed by atoms with Gasteiger partial charge in [0.05, 0.1) is 6.20 Å². The van der Waals surface area contributed by atoms with Crippen LogP contribution in [-0.2, 0) is 0 Å². The quantitative estimate of drug-likeness (QED) is 0.598. The first kappa shape index (κ1) is 5.62. The highest BCUT2D eigenvalue weighted by Gasteiger charge is 1.89. The number of rotatable bonds is 0. The van der Waals surface area contributed by atoms with E-state index in [1.54, 1.807) is 0 Å². The van der Waals surface area contributed by atoms with Crippen LogP contribution in [0.4, 0.5) is 4.39 Å². The van der Waals surface area contributed by atoms with Crippen LogP contribution in [0.15, 0.2) is 16.9 Å². The normalized spacial score (nSPS) is 9.25. The molecule has 1 aromatic rings. The van der Waals surface area contributed by atoms with Gasteiger partial charge in [-0.05, 0) is 15.9 Å². The Morgan fingerprint density at radius 3 is 2.75 bits per heavy atom. The molecule has 4 heteroatoms. The highest BCUT2D eigenvalue weighted by Crippen LogP contribution is 2.03. The zero-order valence-electron chi connectivity index (χ0n) is 3.81. The van der Waals surface area contributed by atoms with E-state index in [1.807, 2.05) is 0 Å². The summed E-state index contributed by atoms with van der Waals surface area (Å²) in [7, 11) is 0. The molecule has 0 saturated carbocycles. The van der Waals surface area contributed by atoms with Crippen LogP contribution in [-0.4, -0.2) is 10.2 Å². The molecule has 0 fully saturated rings. The summed E-state index contributed by atoms with van der Waals surface area (Å²) >= 11 is 2.95. The predicted molar refractivity (Wildman–Crippen MR) is 29.7 cm³/mol. The fourth-order valence-corrected chi connectivity index (χ4v) is 0.629. The van der Waals surface area contributed by atoms with Gasteiger partial charge in [0.1, 0.15) is 10.4 Å². The summed E-state index contributed by atoms with van der Waals surface area (Å²) in [6.45, 7) is 0. The Kier molecular flexibility index (Phi) is 1.53. The molecule has 2 nitrogen and oxygen atoms in total. The average molecular weight is 177 g/mol. The Balaban J connectivity index is 3.08. The molecule has 1 aromatic heterocycles. The maximum absolute atomic E-state index is 12.0. The molecule has 0 unspecified atom stereocenters. The van der Waals surface area contributed by atoms with E-state index in [9.17, 15) is 4.39 Å². The van der Waals surface area contributed by atoms with Gasteiger partial charge in [-0.1, -0.05) is 0 Å². The molecule has 1 rings (SSSR count). The van der Waals surface area contributed by atoms with E-state index in [0.717, 1.165) is 6.20 Å². The van der Waals surface area contributed by atoms with E-state index in [1.165, 1.54) is 6.07 Å². The minimum atomic E-state index is -0.383. The third-order valence-corrected chi connectivity index (χ3v) is 0.979. The maximum atomic E-state index is 12.0. The average Bonchev–Trinajstić information content (AvgIpc) is 1.64. The zero-order valence-corrected chi connectivity index (χ0v) is 5.39. The first-order chi connectivity index (χ1) is 3.79. The van der Waals surface area contributed by atoms with Crippen molar-refractivity contribution in [2.75, 3.05) is 0 Å². The van der Waals surface area contributed by atoms with Crippen molar-refractivity contribution in [3.05, 3.63) is 22.7 Å². The van der Waals surface area contributed by atoms with Crippen LogP contribution in [0.2, 0.25) is 0 Å². The minimum absolute atomic E-state index is 0.383. The van der Waals surface area contributed by atoms with Crippen LogP contribution in [0.25, 0.3) is 0 Å². The van der Waals surface area contributed by atoms with Crippen molar-refractivity contribution in [3.63, 3.8) is 0 Å². The fourth-order valence-electron chi connectivity index (χ4n) is 0.319. The lowest BCUT2D eigenvalue weighted by atomic mass is 10.6. The summed E-state index contributed by atoms with van der Waals surface area (Å²) in [5.41, 5.74) is 0. The van der Waals surface area contributed by atoms with Gasteiger partial charge in [-0.25, -0.2) is 4.39 Å².